The molecule has 4 unspecified atom stereocenters. The van der Waals surface area contributed by atoms with E-state index in [0.29, 0.717) is 38.8 Å². The highest BCUT2D eigenvalue weighted by Gasteiger charge is 2.29. The minimum atomic E-state index is -1.17. The lowest BCUT2D eigenvalue weighted by molar-refractivity contribution is -0.143. The van der Waals surface area contributed by atoms with E-state index in [4.69, 9.17) is 22.9 Å². The topological polar surface area (TPSA) is 241 Å². The molecular weight excluding hydrogens is 432 g/mol. The van der Waals surface area contributed by atoms with Crippen LogP contribution in [-0.4, -0.2) is 72.0 Å². The first-order valence-electron chi connectivity index (χ1n) is 11.1. The van der Waals surface area contributed by atoms with Crippen LogP contribution in [0, 0.1) is 5.92 Å². The third-order valence-electron chi connectivity index (χ3n) is 4.87. The summed E-state index contributed by atoms with van der Waals surface area (Å²) in [5.74, 6) is -3.31. The van der Waals surface area contributed by atoms with E-state index < -0.39 is 47.9 Å². The van der Waals surface area contributed by atoms with Crippen LogP contribution >= 0.6 is 0 Å². The van der Waals surface area contributed by atoms with E-state index in [2.05, 4.69) is 20.9 Å². The van der Waals surface area contributed by atoms with Gasteiger partial charge in [-0.2, -0.15) is 0 Å². The Labute approximate surface area is 194 Å². The van der Waals surface area contributed by atoms with E-state index in [0.717, 1.165) is 0 Å². The molecule has 0 fully saturated rings. The molecule has 13 nitrogen and oxygen atoms in total. The van der Waals surface area contributed by atoms with Crippen molar-refractivity contribution in [1.29, 1.82) is 0 Å². The lowest BCUT2D eigenvalue weighted by Crippen LogP contribution is -2.57. The maximum absolute atomic E-state index is 12.7. The highest BCUT2D eigenvalue weighted by atomic mass is 16.4. The largest absolute Gasteiger partial charge is 0.480 e. The van der Waals surface area contributed by atoms with Crippen molar-refractivity contribution in [2.24, 2.45) is 33.8 Å². The van der Waals surface area contributed by atoms with Crippen molar-refractivity contribution >= 4 is 29.7 Å². The van der Waals surface area contributed by atoms with Crippen LogP contribution in [0.15, 0.2) is 4.99 Å². The van der Waals surface area contributed by atoms with Crippen molar-refractivity contribution in [1.82, 2.24) is 16.0 Å². The third kappa shape index (κ3) is 12.6. The molecule has 12 N–H and O–H groups in total. The van der Waals surface area contributed by atoms with Crippen LogP contribution in [0.2, 0.25) is 0 Å². The third-order valence-corrected chi connectivity index (χ3v) is 4.87. The number of hydrogen-bond acceptors (Lipinski definition) is 7. The van der Waals surface area contributed by atoms with E-state index in [9.17, 15) is 24.3 Å². The van der Waals surface area contributed by atoms with Gasteiger partial charge in [0, 0.05) is 6.54 Å². The number of unbranched alkanes of at least 4 members (excludes halogenated alkanes) is 1. The van der Waals surface area contributed by atoms with Gasteiger partial charge in [-0.25, -0.2) is 4.79 Å². The summed E-state index contributed by atoms with van der Waals surface area (Å²) in [7, 11) is 0. The zero-order valence-corrected chi connectivity index (χ0v) is 19.7. The number of rotatable bonds is 16. The second kappa shape index (κ2) is 15.8. The Balaban J connectivity index is 4.97. The molecule has 0 radical (unpaired) electrons. The zero-order chi connectivity index (χ0) is 25.6. The van der Waals surface area contributed by atoms with Gasteiger partial charge in [-0.1, -0.05) is 13.8 Å². The van der Waals surface area contributed by atoms with E-state index in [-0.39, 0.29) is 18.3 Å². The summed E-state index contributed by atoms with van der Waals surface area (Å²) in [4.78, 5) is 52.8. The molecule has 0 heterocycles. The molecule has 0 aromatic carbocycles. The molecule has 0 bridgehead atoms. The fourth-order valence-corrected chi connectivity index (χ4v) is 2.86. The highest BCUT2D eigenvalue weighted by Crippen LogP contribution is 2.06. The molecular formula is C20H40N8O5. The number of carbonyl (C=O) groups excluding carboxylic acids is 3. The lowest BCUT2D eigenvalue weighted by Gasteiger charge is -2.25. The maximum atomic E-state index is 12.7. The molecule has 33 heavy (non-hydrogen) atoms. The number of carbonyl (C=O) groups is 4. The van der Waals surface area contributed by atoms with Gasteiger partial charge in [0.05, 0.1) is 6.04 Å². The summed E-state index contributed by atoms with van der Waals surface area (Å²) in [6, 6.07) is -3.90. The van der Waals surface area contributed by atoms with Crippen LogP contribution in [0.5, 0.6) is 0 Å². The highest BCUT2D eigenvalue weighted by molar-refractivity contribution is 5.93. The molecule has 4 atom stereocenters. The summed E-state index contributed by atoms with van der Waals surface area (Å²) in [6.07, 6.45) is 2.25. The summed E-state index contributed by atoms with van der Waals surface area (Å²) in [5, 5.41) is 16.9. The van der Waals surface area contributed by atoms with Gasteiger partial charge in [-0.15, -0.1) is 0 Å². The molecule has 13 heteroatoms. The van der Waals surface area contributed by atoms with Crippen LogP contribution in [0.1, 0.15) is 52.9 Å². The monoisotopic (exact) mass is 472 g/mol. The summed E-state index contributed by atoms with van der Waals surface area (Å²) in [6.45, 7) is 5.53. The van der Waals surface area contributed by atoms with Gasteiger partial charge in [0.2, 0.25) is 17.7 Å². The average molecular weight is 473 g/mol. The van der Waals surface area contributed by atoms with Gasteiger partial charge < -0.3 is 44.0 Å². The SMILES string of the molecule is CC(NC(=O)C(N)CCCN=C(N)N)C(=O)NC(CCCCN)C(=O)NC(C(=O)O)C(C)C. The van der Waals surface area contributed by atoms with Gasteiger partial charge in [-0.05, 0) is 51.5 Å². The second-order valence-corrected chi connectivity index (χ2v) is 8.20. The molecule has 0 saturated carbocycles. The van der Waals surface area contributed by atoms with Gasteiger partial charge >= 0.3 is 5.97 Å². The number of hydrogen-bond donors (Lipinski definition) is 8. The Hall–Kier alpha value is -2.93. The summed E-state index contributed by atoms with van der Waals surface area (Å²) >= 11 is 0. The Bertz CT molecular complexity index is 681. The number of aliphatic carboxylic acids is 1. The first kappa shape index (κ1) is 30.1. The van der Waals surface area contributed by atoms with E-state index in [1.807, 2.05) is 0 Å². The number of amides is 3. The fourth-order valence-electron chi connectivity index (χ4n) is 2.86. The first-order chi connectivity index (χ1) is 15.4. The van der Waals surface area contributed by atoms with Gasteiger partial charge in [0.25, 0.3) is 0 Å². The molecule has 0 rings (SSSR count). The van der Waals surface area contributed by atoms with Crippen molar-refractivity contribution in [3.8, 4) is 0 Å². The number of nitrogens with two attached hydrogens (primary N) is 4. The Kier molecular flexibility index (Phi) is 14.4. The summed E-state index contributed by atoms with van der Waals surface area (Å²) < 4.78 is 0. The molecule has 3 amide bonds. The van der Waals surface area contributed by atoms with Crippen LogP contribution in [0.3, 0.4) is 0 Å². The Morgan fingerprint density at radius 3 is 2.03 bits per heavy atom. The number of nitrogens with zero attached hydrogens (tertiary/aromatic N) is 1. The normalized spacial score (nSPS) is 14.5. The number of carboxylic acids is 1. The molecule has 0 aromatic rings. The fraction of sp³-hybridized carbons (Fsp3) is 0.750. The molecule has 190 valence electrons. The van der Waals surface area contributed by atoms with Gasteiger partial charge in [0.1, 0.15) is 18.1 Å². The minimum absolute atomic E-state index is 0.0496. The summed E-state index contributed by atoms with van der Waals surface area (Å²) in [5.41, 5.74) is 21.8. The first-order valence-corrected chi connectivity index (χ1v) is 11.1. The lowest BCUT2D eigenvalue weighted by atomic mass is 10.0. The Morgan fingerprint density at radius 2 is 1.52 bits per heavy atom. The van der Waals surface area contributed by atoms with Crippen molar-refractivity contribution in [2.75, 3.05) is 13.1 Å². The average Bonchev–Trinajstić information content (AvgIpc) is 2.73. The Morgan fingerprint density at radius 1 is 0.879 bits per heavy atom. The number of carboxylic acid groups (broad SMARTS) is 1. The smallest absolute Gasteiger partial charge is 0.326 e. The molecule has 0 saturated heterocycles. The predicted molar refractivity (Wildman–Crippen MR) is 125 cm³/mol. The standard InChI is InChI=1S/C20H40N8O5/c1-11(2)15(19(32)33)28-18(31)14(8-4-5-9-21)27-16(29)12(3)26-17(30)13(22)7-6-10-25-20(23)24/h11-15H,4-10,21-22H2,1-3H3,(H,26,30)(H,27,29)(H,28,31)(H,32,33)(H4,23,24,25). The zero-order valence-electron chi connectivity index (χ0n) is 19.7. The number of nitrogens with one attached hydrogen (secondary N) is 3. The molecule has 0 aromatic heterocycles. The number of aliphatic imine (C=N–C) groups is 1. The van der Waals surface area contributed by atoms with Crippen LogP contribution in [0.4, 0.5) is 0 Å². The van der Waals surface area contributed by atoms with Crippen molar-refractivity contribution in [2.45, 2.75) is 77.0 Å². The quantitative estimate of drug-likeness (QED) is 0.0683. The van der Waals surface area contributed by atoms with Crippen LogP contribution < -0.4 is 38.9 Å². The second-order valence-electron chi connectivity index (χ2n) is 8.20. The maximum Gasteiger partial charge on any atom is 0.326 e. The van der Waals surface area contributed by atoms with Crippen molar-refractivity contribution < 1.29 is 24.3 Å². The molecule has 0 aliphatic carbocycles. The van der Waals surface area contributed by atoms with E-state index in [1.54, 1.807) is 13.8 Å². The molecule has 0 spiro atoms. The number of guanidine groups is 1. The van der Waals surface area contributed by atoms with Crippen LogP contribution in [0.25, 0.3) is 0 Å². The molecule has 0 aliphatic rings. The van der Waals surface area contributed by atoms with Crippen LogP contribution in [-0.2, 0) is 19.2 Å². The van der Waals surface area contributed by atoms with Gasteiger partial charge in [-0.3, -0.25) is 19.4 Å². The van der Waals surface area contributed by atoms with Crippen molar-refractivity contribution in [3.05, 3.63) is 0 Å². The van der Waals surface area contributed by atoms with Crippen molar-refractivity contribution in [3.63, 3.8) is 0 Å². The van der Waals surface area contributed by atoms with Gasteiger partial charge in [0.15, 0.2) is 5.96 Å². The van der Waals surface area contributed by atoms with E-state index in [1.165, 1.54) is 6.92 Å². The minimum Gasteiger partial charge on any atom is -0.480 e. The molecule has 0 aliphatic heterocycles. The van der Waals surface area contributed by atoms with E-state index >= 15 is 0 Å². The predicted octanol–water partition coefficient (Wildman–Crippen LogP) is -2.29.